The van der Waals surface area contributed by atoms with Gasteiger partial charge in [-0.2, -0.15) is 0 Å². The van der Waals surface area contributed by atoms with Crippen molar-refractivity contribution in [3.05, 3.63) is 35.6 Å². The van der Waals surface area contributed by atoms with Crippen molar-refractivity contribution in [3.8, 4) is 0 Å². The van der Waals surface area contributed by atoms with Gasteiger partial charge in [-0.15, -0.1) is 0 Å². The molecule has 1 aliphatic heterocycles. The molecule has 1 aliphatic rings. The number of ether oxygens (including phenoxy) is 1. The predicted molar refractivity (Wildman–Crippen MR) is 88.6 cm³/mol. The van der Waals surface area contributed by atoms with Crippen LogP contribution in [0.5, 0.6) is 0 Å². The fourth-order valence-corrected chi connectivity index (χ4v) is 3.28. The fourth-order valence-electron chi connectivity index (χ4n) is 3.28. The number of carbonyl (C=O) groups excluding carboxylic acids is 1. The minimum absolute atomic E-state index is 0.0212. The first-order chi connectivity index (χ1) is 10.8. The van der Waals surface area contributed by atoms with Crippen molar-refractivity contribution in [1.29, 1.82) is 0 Å². The zero-order chi connectivity index (χ0) is 17.1. The zero-order valence-electron chi connectivity index (χ0n) is 14.3. The van der Waals surface area contributed by atoms with Crippen molar-refractivity contribution in [1.82, 2.24) is 4.90 Å². The van der Waals surface area contributed by atoms with E-state index in [4.69, 9.17) is 10.5 Å². The monoisotopic (exact) mass is 322 g/mol. The predicted octanol–water partition coefficient (Wildman–Crippen LogP) is 2.32. The fraction of sp³-hybridized carbons (Fsp3) is 0.611. The maximum atomic E-state index is 13.7. The number of nitrogens with two attached hydrogens (primary N) is 1. The van der Waals surface area contributed by atoms with Gasteiger partial charge >= 0.3 is 0 Å². The Morgan fingerprint density at radius 3 is 2.61 bits per heavy atom. The summed E-state index contributed by atoms with van der Waals surface area (Å²) in [6.07, 6.45) is 1.14. The molecule has 1 saturated heterocycles. The molecule has 2 N–H and O–H groups in total. The largest absolute Gasteiger partial charge is 0.381 e. The second-order valence-corrected chi connectivity index (χ2v) is 7.23. The summed E-state index contributed by atoms with van der Waals surface area (Å²) in [6, 6.07) is 6.39. The van der Waals surface area contributed by atoms with Gasteiger partial charge in [-0.3, -0.25) is 4.79 Å². The summed E-state index contributed by atoms with van der Waals surface area (Å²) in [6.45, 7) is 6.17. The zero-order valence-corrected chi connectivity index (χ0v) is 14.3. The van der Waals surface area contributed by atoms with Crippen LogP contribution in [-0.4, -0.2) is 44.2 Å². The Labute approximate surface area is 137 Å². The summed E-state index contributed by atoms with van der Waals surface area (Å²) < 4.78 is 19.2. The van der Waals surface area contributed by atoms with Gasteiger partial charge in [0.1, 0.15) is 5.82 Å². The van der Waals surface area contributed by atoms with Crippen molar-refractivity contribution in [2.45, 2.75) is 32.1 Å². The van der Waals surface area contributed by atoms with Gasteiger partial charge in [0.05, 0.1) is 5.41 Å². The molecule has 4 nitrogen and oxygen atoms in total. The molecule has 0 atom stereocenters. The molecule has 1 aromatic carbocycles. The molecule has 0 radical (unpaired) electrons. The maximum absolute atomic E-state index is 13.7. The molecular formula is C18H27FN2O2. The van der Waals surface area contributed by atoms with Crippen LogP contribution >= 0.6 is 0 Å². The van der Waals surface area contributed by atoms with Gasteiger partial charge in [-0.1, -0.05) is 26.0 Å². The van der Waals surface area contributed by atoms with E-state index >= 15 is 0 Å². The molecule has 0 aromatic heterocycles. The average molecular weight is 322 g/mol. The van der Waals surface area contributed by atoms with E-state index in [1.165, 1.54) is 12.1 Å². The number of benzene rings is 1. The Hall–Kier alpha value is -1.46. The summed E-state index contributed by atoms with van der Waals surface area (Å²) >= 11 is 0. The summed E-state index contributed by atoms with van der Waals surface area (Å²) in [5.41, 5.74) is 5.67. The molecule has 0 saturated carbocycles. The molecule has 0 aliphatic carbocycles. The van der Waals surface area contributed by atoms with Crippen molar-refractivity contribution in [2.24, 2.45) is 11.1 Å². The highest BCUT2D eigenvalue weighted by Gasteiger charge is 2.44. The van der Waals surface area contributed by atoms with Gasteiger partial charge in [0.2, 0.25) is 5.91 Å². The van der Waals surface area contributed by atoms with Gasteiger partial charge in [0, 0.05) is 26.8 Å². The lowest BCUT2D eigenvalue weighted by Crippen LogP contribution is -2.51. The Morgan fingerprint density at radius 1 is 1.39 bits per heavy atom. The lowest BCUT2D eigenvalue weighted by atomic mass is 9.72. The van der Waals surface area contributed by atoms with E-state index in [2.05, 4.69) is 0 Å². The Bertz CT molecular complexity index is 554. The molecule has 5 heteroatoms. The van der Waals surface area contributed by atoms with Gasteiger partial charge in [0.15, 0.2) is 0 Å². The number of likely N-dealkylation sites (N-methyl/N-ethyl adjacent to an activating group) is 1. The molecule has 1 fully saturated rings. The number of rotatable bonds is 5. The van der Waals surface area contributed by atoms with Crippen LogP contribution in [0.25, 0.3) is 0 Å². The lowest BCUT2D eigenvalue weighted by molar-refractivity contribution is -0.141. The van der Waals surface area contributed by atoms with E-state index in [1.807, 2.05) is 19.9 Å². The molecule has 128 valence electrons. The number of amides is 1. The lowest BCUT2D eigenvalue weighted by Gasteiger charge is -2.41. The smallest absolute Gasteiger partial charge is 0.233 e. The molecule has 0 spiro atoms. The quantitative estimate of drug-likeness (QED) is 0.905. The first-order valence-corrected chi connectivity index (χ1v) is 8.10. The number of carbonyl (C=O) groups is 1. The summed E-state index contributed by atoms with van der Waals surface area (Å²) in [4.78, 5) is 15.0. The van der Waals surface area contributed by atoms with Gasteiger partial charge in [-0.25, -0.2) is 4.39 Å². The Morgan fingerprint density at radius 2 is 2.04 bits per heavy atom. The maximum Gasteiger partial charge on any atom is 0.233 e. The van der Waals surface area contributed by atoms with E-state index in [9.17, 15) is 9.18 Å². The third kappa shape index (κ3) is 3.90. The van der Waals surface area contributed by atoms with E-state index < -0.39 is 5.41 Å². The number of halogens is 1. The summed E-state index contributed by atoms with van der Waals surface area (Å²) in [5, 5.41) is 0. The minimum atomic E-state index is -0.709. The van der Waals surface area contributed by atoms with Crippen LogP contribution < -0.4 is 5.73 Å². The molecule has 0 unspecified atom stereocenters. The second-order valence-electron chi connectivity index (χ2n) is 7.23. The van der Waals surface area contributed by atoms with Crippen molar-refractivity contribution >= 4 is 5.91 Å². The van der Waals surface area contributed by atoms with Crippen molar-refractivity contribution < 1.29 is 13.9 Å². The molecule has 0 bridgehead atoms. The van der Waals surface area contributed by atoms with E-state index in [-0.39, 0.29) is 17.1 Å². The first kappa shape index (κ1) is 17.9. The standard InChI is InChI=1S/C18H27FN2O2/c1-17(2,12-20)13-21(3)16(22)18(7-9-23-10-8-18)14-5-4-6-15(19)11-14/h4-6,11H,7-10,12-13,20H2,1-3H3. The van der Waals surface area contributed by atoms with Crippen LogP contribution in [0.4, 0.5) is 4.39 Å². The summed E-state index contributed by atoms with van der Waals surface area (Å²) in [7, 11) is 1.80. The molecule has 1 heterocycles. The van der Waals surface area contributed by atoms with E-state index in [0.29, 0.717) is 39.1 Å². The van der Waals surface area contributed by atoms with Crippen LogP contribution in [-0.2, 0) is 14.9 Å². The number of hydrogen-bond acceptors (Lipinski definition) is 3. The normalized spacial score (nSPS) is 17.8. The van der Waals surface area contributed by atoms with E-state index in [1.54, 1.807) is 18.0 Å². The van der Waals surface area contributed by atoms with Crippen LogP contribution in [0.1, 0.15) is 32.3 Å². The highest BCUT2D eigenvalue weighted by atomic mass is 19.1. The molecule has 23 heavy (non-hydrogen) atoms. The van der Waals surface area contributed by atoms with Gasteiger partial charge < -0.3 is 15.4 Å². The van der Waals surface area contributed by atoms with Gasteiger partial charge in [0.25, 0.3) is 0 Å². The van der Waals surface area contributed by atoms with Crippen LogP contribution in [0, 0.1) is 11.2 Å². The topological polar surface area (TPSA) is 55.6 Å². The molecule has 1 aromatic rings. The third-order valence-corrected chi connectivity index (χ3v) is 4.70. The molecule has 2 rings (SSSR count). The molecular weight excluding hydrogens is 295 g/mol. The van der Waals surface area contributed by atoms with E-state index in [0.717, 1.165) is 5.56 Å². The van der Waals surface area contributed by atoms with Crippen LogP contribution in [0.2, 0.25) is 0 Å². The molecule has 1 amide bonds. The minimum Gasteiger partial charge on any atom is -0.381 e. The highest BCUT2D eigenvalue weighted by molar-refractivity contribution is 5.88. The second kappa shape index (κ2) is 6.97. The summed E-state index contributed by atoms with van der Waals surface area (Å²) in [5.74, 6) is -0.293. The third-order valence-electron chi connectivity index (χ3n) is 4.70. The van der Waals surface area contributed by atoms with Crippen molar-refractivity contribution in [2.75, 3.05) is 33.4 Å². The number of nitrogens with zero attached hydrogens (tertiary/aromatic N) is 1. The van der Waals surface area contributed by atoms with Gasteiger partial charge in [-0.05, 0) is 42.5 Å². The first-order valence-electron chi connectivity index (χ1n) is 8.10. The van der Waals surface area contributed by atoms with Crippen LogP contribution in [0.15, 0.2) is 24.3 Å². The van der Waals surface area contributed by atoms with Crippen LogP contribution in [0.3, 0.4) is 0 Å². The Balaban J connectivity index is 2.33. The Kier molecular flexibility index (Phi) is 5.42. The number of hydrogen-bond donors (Lipinski definition) is 1. The SMILES string of the molecule is CN(CC(C)(C)CN)C(=O)C1(c2cccc(F)c2)CCOCC1. The van der Waals surface area contributed by atoms with Crippen molar-refractivity contribution in [3.63, 3.8) is 0 Å². The average Bonchev–Trinajstić information content (AvgIpc) is 2.54. The highest BCUT2D eigenvalue weighted by Crippen LogP contribution is 2.37.